The Balaban J connectivity index is 0.000000277. The van der Waals surface area contributed by atoms with E-state index in [9.17, 15) is 0 Å². The normalized spacial score (nSPS) is 10.8. The predicted molar refractivity (Wildman–Crippen MR) is 165 cm³/mol. The van der Waals surface area contributed by atoms with Gasteiger partial charge < -0.3 is 4.90 Å². The van der Waals surface area contributed by atoms with E-state index in [1.165, 1.54) is 21.6 Å². The molecule has 5 nitrogen and oxygen atoms in total. The van der Waals surface area contributed by atoms with Crippen molar-refractivity contribution in [2.45, 2.75) is 13.0 Å². The van der Waals surface area contributed by atoms with Crippen molar-refractivity contribution in [3.05, 3.63) is 150 Å². The van der Waals surface area contributed by atoms with Gasteiger partial charge in [0.25, 0.3) is 0 Å². The maximum atomic E-state index is 8.49. The first-order chi connectivity index (χ1) is 20.6. The van der Waals surface area contributed by atoms with Crippen molar-refractivity contribution in [2.24, 2.45) is 0 Å². The van der Waals surface area contributed by atoms with Crippen molar-refractivity contribution in [3.63, 3.8) is 0 Å². The minimum absolute atomic E-state index is 0. The van der Waals surface area contributed by atoms with Gasteiger partial charge in [0.1, 0.15) is 0 Å². The van der Waals surface area contributed by atoms with Gasteiger partial charge in [0.15, 0.2) is 0 Å². The van der Waals surface area contributed by atoms with Crippen molar-refractivity contribution in [1.82, 2.24) is 4.90 Å². The van der Waals surface area contributed by atoms with Gasteiger partial charge in [0.05, 0.1) is 7.92 Å². The van der Waals surface area contributed by atoms with Crippen LogP contribution in [0.2, 0.25) is 0 Å². The van der Waals surface area contributed by atoms with E-state index in [4.69, 9.17) is 18.6 Å². The minimum Gasteiger partial charge on any atom is -0.305 e. The van der Waals surface area contributed by atoms with Crippen molar-refractivity contribution in [3.8, 4) is 23.2 Å². The standard InChI is InChI=1S/C22H15P.C14H16N.ClHO4.Pd/c1-4-10-20(11-5-1)16-18-23(22-14-8-3-9-15-22)19-17-21-12-6-2-7-13-21;1-11(15(2)3)13-10-6-8-12-7-4-5-9-14(12)13;2-1(3,4)5;/h1-15H;4-9,11H,1-3H3;(H,2,3,4,5);/q;-1;;+2/p-1/t;11-;;/m.0../s1. The molecule has 0 radical (unpaired) electrons. The number of hydrogen-bond acceptors (Lipinski definition) is 5. The summed E-state index contributed by atoms with van der Waals surface area (Å²) in [5.41, 5.74) is 10.1. The Bertz CT molecular complexity index is 1610. The molecule has 0 unspecified atom stereocenters. The summed E-state index contributed by atoms with van der Waals surface area (Å²) < 4.78 is 34.0. The average Bonchev–Trinajstić information content (AvgIpc) is 3.01. The van der Waals surface area contributed by atoms with E-state index < -0.39 is 18.2 Å². The van der Waals surface area contributed by atoms with Crippen molar-refractivity contribution < 1.29 is 49.3 Å². The Morgan fingerprint density at radius 1 is 0.659 bits per heavy atom. The van der Waals surface area contributed by atoms with Gasteiger partial charge >= 0.3 is 20.4 Å². The molecule has 0 saturated carbocycles. The van der Waals surface area contributed by atoms with Gasteiger partial charge in [-0.1, -0.05) is 108 Å². The third-order valence-electron chi connectivity index (χ3n) is 6.13. The molecule has 1 atom stereocenters. The fraction of sp³-hybridized carbons (Fsp3) is 0.111. The Kier molecular flexibility index (Phi) is 16.0. The van der Waals surface area contributed by atoms with Crippen molar-refractivity contribution in [1.29, 1.82) is 0 Å². The van der Waals surface area contributed by atoms with Gasteiger partial charge in [-0.2, -0.15) is 18.2 Å². The maximum absolute atomic E-state index is 8.49. The molecule has 0 amide bonds. The summed E-state index contributed by atoms with van der Waals surface area (Å²) in [4.78, 5) is 2.21. The van der Waals surface area contributed by atoms with Crippen LogP contribution in [0.3, 0.4) is 0 Å². The number of hydrogen-bond donors (Lipinski definition) is 0. The van der Waals surface area contributed by atoms with E-state index in [2.05, 4.69) is 97.6 Å². The van der Waals surface area contributed by atoms with Crippen LogP contribution in [0.4, 0.5) is 0 Å². The Morgan fingerprint density at radius 2 is 1.09 bits per heavy atom. The maximum Gasteiger partial charge on any atom is 2.00 e. The summed E-state index contributed by atoms with van der Waals surface area (Å²) in [6, 6.07) is 46.8. The van der Waals surface area contributed by atoms with Crippen LogP contribution in [0.1, 0.15) is 29.7 Å². The zero-order valence-corrected chi connectivity index (χ0v) is 27.6. The molecule has 0 aliphatic rings. The van der Waals surface area contributed by atoms with E-state index in [-0.39, 0.29) is 20.4 Å². The van der Waals surface area contributed by atoms with Crippen LogP contribution in [0.5, 0.6) is 0 Å². The summed E-state index contributed by atoms with van der Waals surface area (Å²) in [7, 11) is -1.57. The second-order valence-corrected chi connectivity index (χ2v) is 11.8. The number of nitrogens with zero attached hydrogens (tertiary/aromatic N) is 1. The largest absolute Gasteiger partial charge is 2.00 e. The minimum atomic E-state index is -4.94. The molecule has 0 aliphatic carbocycles. The van der Waals surface area contributed by atoms with Crippen LogP contribution in [0.15, 0.2) is 127 Å². The molecule has 226 valence electrons. The second-order valence-electron chi connectivity index (χ2n) is 9.37. The molecule has 0 aliphatic heterocycles. The molecule has 0 saturated heterocycles. The first kappa shape index (κ1) is 36.9. The fourth-order valence-corrected chi connectivity index (χ4v) is 5.07. The monoisotopic (exact) mass is 713 g/mol. The Hall–Kier alpha value is -3.34. The van der Waals surface area contributed by atoms with Crippen LogP contribution in [0.25, 0.3) is 10.8 Å². The van der Waals surface area contributed by atoms with Gasteiger partial charge in [-0.25, -0.2) is 18.6 Å². The topological polar surface area (TPSA) is 95.5 Å². The molecule has 5 aromatic rings. The third-order valence-corrected chi connectivity index (χ3v) is 7.62. The number of halogens is 1. The van der Waals surface area contributed by atoms with Crippen LogP contribution >= 0.6 is 7.92 Å². The van der Waals surface area contributed by atoms with E-state index in [1.54, 1.807) is 0 Å². The summed E-state index contributed by atoms with van der Waals surface area (Å²) >= 11 is 0. The van der Waals surface area contributed by atoms with Gasteiger partial charge in [0.2, 0.25) is 0 Å². The van der Waals surface area contributed by atoms with E-state index in [0.717, 1.165) is 11.1 Å². The molecule has 0 aromatic heterocycles. The quantitative estimate of drug-likeness (QED) is 0.124. The Morgan fingerprint density at radius 3 is 1.57 bits per heavy atom. The summed E-state index contributed by atoms with van der Waals surface area (Å²) in [5, 5.41) is 3.79. The molecule has 5 rings (SSSR count). The molecule has 0 bridgehead atoms. The zero-order valence-electron chi connectivity index (χ0n) is 24.4. The molecule has 5 aromatic carbocycles. The summed E-state index contributed by atoms with van der Waals surface area (Å²) in [6.07, 6.45) is 0. The Labute approximate surface area is 277 Å². The van der Waals surface area contributed by atoms with E-state index in [1.807, 2.05) is 84.9 Å². The van der Waals surface area contributed by atoms with Crippen molar-refractivity contribution in [2.75, 3.05) is 14.1 Å². The number of rotatable bonds is 3. The first-order valence-electron chi connectivity index (χ1n) is 13.3. The molecule has 0 heterocycles. The van der Waals surface area contributed by atoms with E-state index >= 15 is 0 Å². The van der Waals surface area contributed by atoms with Gasteiger partial charge in [-0.05, 0) is 45.3 Å². The third kappa shape index (κ3) is 13.5. The number of fused-ring (bicyclic) bond motifs is 1. The van der Waals surface area contributed by atoms with E-state index in [0.29, 0.717) is 6.04 Å². The molecule has 8 heteroatoms. The zero-order chi connectivity index (χ0) is 31.1. The SMILES string of the molecule is C(#CP(C#Cc1ccccc1)c1ccccc1)c1ccccc1.C[C@@H](c1[c-]ccc2ccccc12)N(C)C.[O-][Cl+3]([O-])([O-])[O-].[Pd+2]. The van der Waals surface area contributed by atoms with Crippen LogP contribution in [-0.2, 0) is 20.4 Å². The first-order valence-corrected chi connectivity index (χ1v) is 15.9. The van der Waals surface area contributed by atoms with Gasteiger partial charge in [-0.3, -0.25) is 0 Å². The number of benzene rings is 5. The molecule has 0 N–H and O–H groups in total. The fourth-order valence-electron chi connectivity index (χ4n) is 3.81. The van der Waals surface area contributed by atoms with Crippen LogP contribution in [-0.4, -0.2) is 19.0 Å². The summed E-state index contributed by atoms with van der Waals surface area (Å²) in [6.45, 7) is 2.21. The predicted octanol–water partition coefficient (Wildman–Crippen LogP) is 3.32. The van der Waals surface area contributed by atoms with Crippen LogP contribution < -0.4 is 23.9 Å². The molecule has 44 heavy (non-hydrogen) atoms. The van der Waals surface area contributed by atoms with Gasteiger partial charge in [0, 0.05) is 22.5 Å². The summed E-state index contributed by atoms with van der Waals surface area (Å²) in [5.74, 6) is 6.51. The van der Waals surface area contributed by atoms with Gasteiger partial charge in [-0.15, -0.1) is 32.6 Å². The molecule has 0 spiro atoms. The second kappa shape index (κ2) is 19.1. The van der Waals surface area contributed by atoms with Crippen molar-refractivity contribution >= 4 is 24.0 Å². The molecule has 0 fully saturated rings. The molecular weight excluding hydrogens is 683 g/mol. The average molecular weight is 714 g/mol. The molecular formula is C36H31ClNO4PPd. The van der Waals surface area contributed by atoms with Crippen LogP contribution in [0, 0.1) is 39.5 Å². The smallest absolute Gasteiger partial charge is 0.305 e.